The van der Waals surface area contributed by atoms with E-state index in [1.165, 1.54) is 5.56 Å². The Morgan fingerprint density at radius 2 is 1.93 bits per heavy atom. The molecule has 4 rings (SSSR count). The highest BCUT2D eigenvalue weighted by atomic mass is 16.5. The Labute approximate surface area is 179 Å². The lowest BCUT2D eigenvalue weighted by Crippen LogP contribution is -2.43. The number of hydrogen-bond acceptors (Lipinski definition) is 7. The molecule has 0 N–H and O–H groups in total. The van der Waals surface area contributed by atoms with Gasteiger partial charge in [0.05, 0.1) is 20.1 Å². The number of benzene rings is 1. The molecule has 1 aromatic heterocycles. The Kier molecular flexibility index (Phi) is 6.02. The minimum Gasteiger partial charge on any atom is -0.497 e. The van der Waals surface area contributed by atoms with Crippen LogP contribution in [0, 0.1) is 5.41 Å². The first-order valence-electron chi connectivity index (χ1n) is 10.9. The third-order valence-corrected chi connectivity index (χ3v) is 6.81. The quantitative estimate of drug-likeness (QED) is 0.716. The summed E-state index contributed by atoms with van der Waals surface area (Å²) >= 11 is 0. The molecule has 1 unspecified atom stereocenters. The van der Waals surface area contributed by atoms with Crippen LogP contribution in [0.3, 0.4) is 0 Å². The molecule has 0 saturated carbocycles. The van der Waals surface area contributed by atoms with Crippen molar-refractivity contribution in [1.82, 2.24) is 20.0 Å². The standard InChI is InChI=1S/C23H34N4O3/c1-16(2)21-24-25-22(30-21)19-14-26(3)15-23(19)8-10-27(11-9-23)13-17-6-7-18(28-4)12-20(17)29-5/h6-7,12,16,19H,8-11,13-15H2,1-5H3. The molecular weight excluding hydrogens is 380 g/mol. The number of likely N-dealkylation sites (N-methyl/N-ethyl adjacent to an activating group) is 1. The summed E-state index contributed by atoms with van der Waals surface area (Å²) in [5.74, 6) is 3.88. The van der Waals surface area contributed by atoms with Crippen LogP contribution in [0.2, 0.25) is 0 Å². The second-order valence-electron chi connectivity index (χ2n) is 9.20. The Hall–Kier alpha value is -2.12. The highest BCUT2D eigenvalue weighted by Crippen LogP contribution is 2.49. The maximum atomic E-state index is 6.09. The molecule has 1 atom stereocenters. The zero-order valence-electron chi connectivity index (χ0n) is 18.9. The number of methoxy groups -OCH3 is 2. The molecule has 7 heteroatoms. The second-order valence-corrected chi connectivity index (χ2v) is 9.20. The van der Waals surface area contributed by atoms with E-state index in [0.29, 0.717) is 5.92 Å². The zero-order chi connectivity index (χ0) is 21.3. The van der Waals surface area contributed by atoms with Crippen LogP contribution in [0.15, 0.2) is 22.6 Å². The van der Waals surface area contributed by atoms with Crippen LogP contribution < -0.4 is 9.47 Å². The monoisotopic (exact) mass is 414 g/mol. The Balaban J connectivity index is 1.45. The molecule has 1 spiro atoms. The summed E-state index contributed by atoms with van der Waals surface area (Å²) in [6.45, 7) is 9.29. The van der Waals surface area contributed by atoms with E-state index in [-0.39, 0.29) is 11.3 Å². The van der Waals surface area contributed by atoms with Crippen LogP contribution in [0.5, 0.6) is 11.5 Å². The van der Waals surface area contributed by atoms with Gasteiger partial charge in [-0.3, -0.25) is 4.90 Å². The summed E-state index contributed by atoms with van der Waals surface area (Å²) in [6, 6.07) is 6.08. The average Bonchev–Trinajstić information content (AvgIpc) is 3.35. The van der Waals surface area contributed by atoms with Gasteiger partial charge in [0.2, 0.25) is 11.8 Å². The zero-order valence-corrected chi connectivity index (χ0v) is 18.9. The molecule has 1 aromatic carbocycles. The molecule has 0 radical (unpaired) electrons. The van der Waals surface area contributed by atoms with Crippen molar-refractivity contribution in [3.05, 3.63) is 35.5 Å². The summed E-state index contributed by atoms with van der Waals surface area (Å²) in [7, 11) is 5.61. The molecular formula is C23H34N4O3. The van der Waals surface area contributed by atoms with Gasteiger partial charge in [-0.1, -0.05) is 19.9 Å². The number of likely N-dealkylation sites (tertiary alicyclic amines) is 2. The predicted molar refractivity (Wildman–Crippen MR) is 115 cm³/mol. The van der Waals surface area contributed by atoms with Crippen LogP contribution in [0.4, 0.5) is 0 Å². The lowest BCUT2D eigenvalue weighted by molar-refractivity contribution is 0.0867. The lowest BCUT2D eigenvalue weighted by Gasteiger charge is -2.41. The van der Waals surface area contributed by atoms with Crippen LogP contribution in [-0.2, 0) is 6.54 Å². The van der Waals surface area contributed by atoms with Gasteiger partial charge < -0.3 is 18.8 Å². The molecule has 2 aliphatic rings. The molecule has 2 aliphatic heterocycles. The first-order chi connectivity index (χ1) is 14.4. The smallest absolute Gasteiger partial charge is 0.221 e. The van der Waals surface area contributed by atoms with E-state index < -0.39 is 0 Å². The van der Waals surface area contributed by atoms with Gasteiger partial charge in [0.25, 0.3) is 0 Å². The number of hydrogen-bond donors (Lipinski definition) is 0. The van der Waals surface area contributed by atoms with E-state index >= 15 is 0 Å². The summed E-state index contributed by atoms with van der Waals surface area (Å²) in [6.07, 6.45) is 2.28. The van der Waals surface area contributed by atoms with Crippen LogP contribution in [-0.4, -0.2) is 67.4 Å². The Bertz CT molecular complexity index is 858. The van der Waals surface area contributed by atoms with Gasteiger partial charge in [0, 0.05) is 37.2 Å². The van der Waals surface area contributed by atoms with Gasteiger partial charge >= 0.3 is 0 Å². The van der Waals surface area contributed by atoms with Gasteiger partial charge in [-0.2, -0.15) is 0 Å². The minimum atomic E-state index is 0.218. The van der Waals surface area contributed by atoms with Crippen LogP contribution in [0.1, 0.15) is 55.9 Å². The molecule has 0 amide bonds. The summed E-state index contributed by atoms with van der Waals surface area (Å²) in [5, 5.41) is 8.74. The molecule has 7 nitrogen and oxygen atoms in total. The van der Waals surface area contributed by atoms with Gasteiger partial charge in [0.15, 0.2) is 0 Å². The van der Waals surface area contributed by atoms with Crippen molar-refractivity contribution in [2.24, 2.45) is 5.41 Å². The van der Waals surface area contributed by atoms with Crippen molar-refractivity contribution in [3.63, 3.8) is 0 Å². The van der Waals surface area contributed by atoms with Gasteiger partial charge in [-0.25, -0.2) is 0 Å². The fourth-order valence-corrected chi connectivity index (χ4v) is 5.06. The van der Waals surface area contributed by atoms with Crippen molar-refractivity contribution >= 4 is 0 Å². The number of nitrogens with zero attached hydrogens (tertiary/aromatic N) is 4. The number of piperidine rings is 1. The third-order valence-electron chi connectivity index (χ3n) is 6.81. The fourth-order valence-electron chi connectivity index (χ4n) is 5.06. The summed E-state index contributed by atoms with van der Waals surface area (Å²) < 4.78 is 17.0. The number of rotatable bonds is 6. The van der Waals surface area contributed by atoms with E-state index in [0.717, 1.165) is 68.8 Å². The summed E-state index contributed by atoms with van der Waals surface area (Å²) in [5.41, 5.74) is 1.42. The molecule has 2 aromatic rings. The van der Waals surface area contributed by atoms with Crippen molar-refractivity contribution < 1.29 is 13.9 Å². The molecule has 0 aliphatic carbocycles. The van der Waals surface area contributed by atoms with E-state index in [9.17, 15) is 0 Å². The van der Waals surface area contributed by atoms with E-state index in [4.69, 9.17) is 13.9 Å². The van der Waals surface area contributed by atoms with Crippen molar-refractivity contribution in [1.29, 1.82) is 0 Å². The molecule has 0 bridgehead atoms. The van der Waals surface area contributed by atoms with E-state index in [1.807, 2.05) is 12.1 Å². The largest absolute Gasteiger partial charge is 0.497 e. The maximum Gasteiger partial charge on any atom is 0.221 e. The van der Waals surface area contributed by atoms with Crippen molar-refractivity contribution in [3.8, 4) is 11.5 Å². The Morgan fingerprint density at radius 1 is 1.17 bits per heavy atom. The highest BCUT2D eigenvalue weighted by molar-refractivity contribution is 5.40. The average molecular weight is 415 g/mol. The van der Waals surface area contributed by atoms with Crippen LogP contribution >= 0.6 is 0 Å². The second kappa shape index (κ2) is 8.55. The highest BCUT2D eigenvalue weighted by Gasteiger charge is 2.50. The van der Waals surface area contributed by atoms with E-state index in [2.05, 4.69) is 47.0 Å². The minimum absolute atomic E-state index is 0.218. The molecule has 164 valence electrons. The maximum absolute atomic E-state index is 6.09. The normalized spacial score (nSPS) is 22.1. The Morgan fingerprint density at radius 3 is 2.57 bits per heavy atom. The number of aromatic nitrogens is 2. The molecule has 30 heavy (non-hydrogen) atoms. The fraction of sp³-hybridized carbons (Fsp3) is 0.652. The number of ether oxygens (including phenoxy) is 2. The molecule has 3 heterocycles. The van der Waals surface area contributed by atoms with Crippen LogP contribution in [0.25, 0.3) is 0 Å². The van der Waals surface area contributed by atoms with Gasteiger partial charge in [-0.05, 0) is 44.5 Å². The molecule has 2 fully saturated rings. The van der Waals surface area contributed by atoms with E-state index in [1.54, 1.807) is 14.2 Å². The third kappa shape index (κ3) is 4.05. The SMILES string of the molecule is COc1ccc(CN2CCC3(CC2)CN(C)CC3c2nnc(C(C)C)o2)c(OC)c1. The predicted octanol–water partition coefficient (Wildman–Crippen LogP) is 3.52. The van der Waals surface area contributed by atoms with Gasteiger partial charge in [0.1, 0.15) is 11.5 Å². The lowest BCUT2D eigenvalue weighted by atomic mass is 9.70. The first-order valence-corrected chi connectivity index (χ1v) is 10.9. The van der Waals surface area contributed by atoms with Gasteiger partial charge in [-0.15, -0.1) is 10.2 Å². The first kappa shape index (κ1) is 21.1. The summed E-state index contributed by atoms with van der Waals surface area (Å²) in [4.78, 5) is 4.95. The van der Waals surface area contributed by atoms with Crippen molar-refractivity contribution in [2.45, 2.75) is 45.1 Å². The topological polar surface area (TPSA) is 63.9 Å². The molecule has 2 saturated heterocycles. The van der Waals surface area contributed by atoms with Crippen molar-refractivity contribution in [2.75, 3.05) is 47.4 Å².